The van der Waals surface area contributed by atoms with Crippen molar-refractivity contribution in [3.8, 4) is 5.75 Å². The summed E-state index contributed by atoms with van der Waals surface area (Å²) in [6, 6.07) is 8.05. The van der Waals surface area contributed by atoms with Crippen LogP contribution in [0, 0.1) is 5.92 Å². The average Bonchev–Trinajstić information content (AvgIpc) is 2.31. The van der Waals surface area contributed by atoms with Crippen LogP contribution in [-0.4, -0.2) is 12.2 Å². The van der Waals surface area contributed by atoms with Gasteiger partial charge in [-0.05, 0) is 43.5 Å². The molecule has 0 spiro atoms. The quantitative estimate of drug-likeness (QED) is 0.818. The Labute approximate surface area is 97.7 Å². The van der Waals surface area contributed by atoms with Crippen molar-refractivity contribution < 1.29 is 5.11 Å². The van der Waals surface area contributed by atoms with Crippen molar-refractivity contribution in [2.24, 2.45) is 5.92 Å². The van der Waals surface area contributed by atoms with Crippen molar-refractivity contribution in [2.45, 2.75) is 38.1 Å². The first-order valence-electron chi connectivity index (χ1n) is 6.27. The third kappa shape index (κ3) is 2.56. The Hall–Kier alpha value is -1.02. The van der Waals surface area contributed by atoms with Crippen LogP contribution in [0.4, 0.5) is 0 Å². The van der Waals surface area contributed by atoms with E-state index in [1.165, 1.54) is 37.7 Å². The van der Waals surface area contributed by atoms with E-state index in [0.29, 0.717) is 11.8 Å². The molecule has 0 bridgehead atoms. The highest BCUT2D eigenvalue weighted by Crippen LogP contribution is 2.34. The molecule has 2 heteroatoms. The molecular weight excluding hydrogens is 198 g/mol. The third-order valence-electron chi connectivity index (χ3n) is 3.66. The van der Waals surface area contributed by atoms with Gasteiger partial charge < -0.3 is 10.4 Å². The van der Waals surface area contributed by atoms with Gasteiger partial charge in [0.25, 0.3) is 0 Å². The van der Waals surface area contributed by atoms with Gasteiger partial charge in [0.15, 0.2) is 0 Å². The summed E-state index contributed by atoms with van der Waals surface area (Å²) < 4.78 is 0. The number of hydrogen-bond acceptors (Lipinski definition) is 2. The number of hydrogen-bond donors (Lipinski definition) is 2. The normalized spacial score (nSPS) is 19.6. The van der Waals surface area contributed by atoms with Gasteiger partial charge in [-0.15, -0.1) is 0 Å². The van der Waals surface area contributed by atoms with Gasteiger partial charge in [0.1, 0.15) is 5.75 Å². The monoisotopic (exact) mass is 219 g/mol. The zero-order valence-corrected chi connectivity index (χ0v) is 9.95. The summed E-state index contributed by atoms with van der Waals surface area (Å²) in [4.78, 5) is 0. The highest BCUT2D eigenvalue weighted by molar-refractivity contribution is 5.29. The summed E-state index contributed by atoms with van der Waals surface area (Å²) in [5.41, 5.74) is 1.22. The van der Waals surface area contributed by atoms with E-state index in [0.717, 1.165) is 5.92 Å². The summed E-state index contributed by atoms with van der Waals surface area (Å²) in [6.07, 6.45) is 6.69. The van der Waals surface area contributed by atoms with Gasteiger partial charge in [0, 0.05) is 6.04 Å². The topological polar surface area (TPSA) is 32.3 Å². The van der Waals surface area contributed by atoms with E-state index in [1.807, 2.05) is 19.2 Å². The second-order valence-corrected chi connectivity index (χ2v) is 4.76. The summed E-state index contributed by atoms with van der Waals surface area (Å²) in [7, 11) is 2.02. The highest BCUT2D eigenvalue weighted by atomic mass is 16.3. The van der Waals surface area contributed by atoms with Crippen LogP contribution < -0.4 is 5.32 Å². The van der Waals surface area contributed by atoms with Crippen molar-refractivity contribution in [1.82, 2.24) is 5.32 Å². The second kappa shape index (κ2) is 5.35. The maximum atomic E-state index is 9.53. The van der Waals surface area contributed by atoms with Crippen molar-refractivity contribution in [2.75, 3.05) is 7.05 Å². The number of rotatable bonds is 3. The molecule has 1 aromatic rings. The fourth-order valence-electron chi connectivity index (χ4n) is 2.86. The summed E-state index contributed by atoms with van der Waals surface area (Å²) in [5, 5.41) is 12.9. The van der Waals surface area contributed by atoms with Crippen LogP contribution >= 0.6 is 0 Å². The number of phenols is 1. The standard InChI is InChI=1S/C14H21NO/c1-15-14(11-6-3-2-4-7-11)12-8-5-9-13(16)10-12/h5,8-11,14-16H,2-4,6-7H2,1H3. The van der Waals surface area contributed by atoms with Crippen molar-refractivity contribution >= 4 is 0 Å². The lowest BCUT2D eigenvalue weighted by Crippen LogP contribution is -2.26. The molecule has 1 aliphatic carbocycles. The van der Waals surface area contributed by atoms with E-state index in [4.69, 9.17) is 0 Å². The van der Waals surface area contributed by atoms with Crippen LogP contribution in [0.1, 0.15) is 43.7 Å². The molecule has 2 N–H and O–H groups in total. The van der Waals surface area contributed by atoms with Gasteiger partial charge in [0.2, 0.25) is 0 Å². The van der Waals surface area contributed by atoms with Crippen molar-refractivity contribution in [1.29, 1.82) is 0 Å². The third-order valence-corrected chi connectivity index (χ3v) is 3.66. The minimum atomic E-state index is 0.369. The lowest BCUT2D eigenvalue weighted by Gasteiger charge is -2.30. The molecule has 88 valence electrons. The minimum Gasteiger partial charge on any atom is -0.508 e. The fraction of sp³-hybridized carbons (Fsp3) is 0.571. The largest absolute Gasteiger partial charge is 0.508 e. The zero-order chi connectivity index (χ0) is 11.4. The number of benzene rings is 1. The van der Waals surface area contributed by atoms with Crippen LogP contribution in [-0.2, 0) is 0 Å². The van der Waals surface area contributed by atoms with Crippen LogP contribution in [0.15, 0.2) is 24.3 Å². The molecule has 1 saturated carbocycles. The Kier molecular flexibility index (Phi) is 3.83. The zero-order valence-electron chi connectivity index (χ0n) is 9.95. The van der Waals surface area contributed by atoms with Gasteiger partial charge >= 0.3 is 0 Å². The Morgan fingerprint density at radius 1 is 1.25 bits per heavy atom. The Bertz CT molecular complexity index is 331. The SMILES string of the molecule is CNC(c1cccc(O)c1)C1CCCCC1. The molecule has 1 fully saturated rings. The first-order valence-corrected chi connectivity index (χ1v) is 6.27. The molecular formula is C14H21NO. The predicted molar refractivity (Wildman–Crippen MR) is 66.5 cm³/mol. The smallest absolute Gasteiger partial charge is 0.115 e. The Balaban J connectivity index is 2.14. The molecule has 1 aromatic carbocycles. The van der Waals surface area contributed by atoms with Crippen LogP contribution in [0.2, 0.25) is 0 Å². The summed E-state index contributed by atoms with van der Waals surface area (Å²) in [5.74, 6) is 1.09. The Morgan fingerprint density at radius 3 is 2.62 bits per heavy atom. The van der Waals surface area contributed by atoms with E-state index in [1.54, 1.807) is 6.07 Å². The van der Waals surface area contributed by atoms with Crippen molar-refractivity contribution in [3.05, 3.63) is 29.8 Å². The molecule has 0 aromatic heterocycles. The first-order chi connectivity index (χ1) is 7.81. The molecule has 1 aliphatic rings. The highest BCUT2D eigenvalue weighted by Gasteiger charge is 2.23. The number of nitrogens with one attached hydrogen (secondary N) is 1. The van der Waals surface area contributed by atoms with Crippen LogP contribution in [0.5, 0.6) is 5.75 Å². The van der Waals surface area contributed by atoms with E-state index < -0.39 is 0 Å². The van der Waals surface area contributed by atoms with E-state index in [9.17, 15) is 5.11 Å². The minimum absolute atomic E-state index is 0.369. The number of phenolic OH excluding ortho intramolecular Hbond substituents is 1. The van der Waals surface area contributed by atoms with E-state index >= 15 is 0 Å². The molecule has 0 amide bonds. The lowest BCUT2D eigenvalue weighted by atomic mass is 9.81. The molecule has 2 rings (SSSR count). The molecule has 2 nitrogen and oxygen atoms in total. The molecule has 1 unspecified atom stereocenters. The van der Waals surface area contributed by atoms with Crippen LogP contribution in [0.3, 0.4) is 0 Å². The van der Waals surface area contributed by atoms with Gasteiger partial charge in [0.05, 0.1) is 0 Å². The lowest BCUT2D eigenvalue weighted by molar-refractivity contribution is 0.281. The van der Waals surface area contributed by atoms with E-state index in [-0.39, 0.29) is 0 Å². The molecule has 0 heterocycles. The van der Waals surface area contributed by atoms with Gasteiger partial charge in [-0.25, -0.2) is 0 Å². The van der Waals surface area contributed by atoms with Crippen LogP contribution in [0.25, 0.3) is 0 Å². The molecule has 1 atom stereocenters. The fourth-order valence-corrected chi connectivity index (χ4v) is 2.86. The van der Waals surface area contributed by atoms with E-state index in [2.05, 4.69) is 11.4 Å². The van der Waals surface area contributed by atoms with Crippen molar-refractivity contribution in [3.63, 3.8) is 0 Å². The second-order valence-electron chi connectivity index (χ2n) is 4.76. The Morgan fingerprint density at radius 2 is 2.00 bits per heavy atom. The molecule has 0 saturated heterocycles. The predicted octanol–water partition coefficient (Wildman–Crippen LogP) is 3.23. The maximum absolute atomic E-state index is 9.53. The summed E-state index contributed by atoms with van der Waals surface area (Å²) >= 11 is 0. The molecule has 0 radical (unpaired) electrons. The first kappa shape index (κ1) is 11.5. The molecule has 16 heavy (non-hydrogen) atoms. The van der Waals surface area contributed by atoms with Gasteiger partial charge in [-0.1, -0.05) is 31.4 Å². The van der Waals surface area contributed by atoms with Gasteiger partial charge in [-0.2, -0.15) is 0 Å². The maximum Gasteiger partial charge on any atom is 0.115 e. The summed E-state index contributed by atoms with van der Waals surface area (Å²) in [6.45, 7) is 0. The molecule has 0 aliphatic heterocycles. The number of aromatic hydroxyl groups is 1. The average molecular weight is 219 g/mol. The van der Waals surface area contributed by atoms with Gasteiger partial charge in [-0.3, -0.25) is 0 Å².